The Morgan fingerprint density at radius 2 is 2.11 bits per heavy atom. The van der Waals surface area contributed by atoms with E-state index in [9.17, 15) is 14.4 Å². The fraction of sp³-hybridized carbons (Fsp3) is 0.308. The van der Waals surface area contributed by atoms with E-state index in [4.69, 9.17) is 4.74 Å². The van der Waals surface area contributed by atoms with Crippen LogP contribution >= 0.6 is 15.9 Å². The standard InChI is InChI=1S/C13H12BrNO4/c1-3-19-13(18)7(2)15-10-5-4-8(14)6-9(10)11(16)12(15)17/h4-7H,3H2,1-2H3/t7-/m0/s1. The van der Waals surface area contributed by atoms with Crippen LogP contribution in [0.15, 0.2) is 22.7 Å². The highest BCUT2D eigenvalue weighted by Gasteiger charge is 2.41. The number of benzene rings is 1. The first kappa shape index (κ1) is 13.7. The number of amides is 1. The maximum Gasteiger partial charge on any atom is 0.328 e. The van der Waals surface area contributed by atoms with E-state index in [1.165, 1.54) is 4.90 Å². The molecule has 5 nitrogen and oxygen atoms in total. The normalized spacial score (nSPS) is 15.4. The first-order chi connectivity index (χ1) is 8.97. The van der Waals surface area contributed by atoms with Gasteiger partial charge in [0.15, 0.2) is 0 Å². The lowest BCUT2D eigenvalue weighted by molar-refractivity contribution is -0.145. The third-order valence-corrected chi connectivity index (χ3v) is 3.38. The van der Waals surface area contributed by atoms with Gasteiger partial charge in [0.1, 0.15) is 6.04 Å². The van der Waals surface area contributed by atoms with Crippen LogP contribution in [0.2, 0.25) is 0 Å². The topological polar surface area (TPSA) is 63.7 Å². The number of Topliss-reactive ketones (excluding diaryl/α,β-unsaturated/α-hetero) is 1. The Kier molecular flexibility index (Phi) is 3.71. The minimum absolute atomic E-state index is 0.229. The Bertz CT molecular complexity index is 570. The number of ketones is 1. The number of hydrogen-bond donors (Lipinski definition) is 0. The molecule has 2 rings (SSSR count). The van der Waals surface area contributed by atoms with Crippen LogP contribution in [-0.2, 0) is 14.3 Å². The summed E-state index contributed by atoms with van der Waals surface area (Å²) < 4.78 is 5.59. The number of carbonyl (C=O) groups excluding carboxylic acids is 3. The van der Waals surface area contributed by atoms with E-state index in [2.05, 4.69) is 15.9 Å². The second-order valence-electron chi connectivity index (χ2n) is 4.09. The molecule has 0 N–H and O–H groups in total. The van der Waals surface area contributed by atoms with E-state index in [1.54, 1.807) is 32.0 Å². The quantitative estimate of drug-likeness (QED) is 0.629. The smallest absolute Gasteiger partial charge is 0.328 e. The molecule has 0 spiro atoms. The summed E-state index contributed by atoms with van der Waals surface area (Å²) in [4.78, 5) is 36.8. The molecular weight excluding hydrogens is 314 g/mol. The van der Waals surface area contributed by atoms with Crippen molar-refractivity contribution in [3.63, 3.8) is 0 Å². The average Bonchev–Trinajstić information content (AvgIpc) is 2.62. The molecule has 1 aliphatic heterocycles. The summed E-state index contributed by atoms with van der Waals surface area (Å²) in [6.07, 6.45) is 0. The van der Waals surface area contributed by atoms with Gasteiger partial charge in [0, 0.05) is 4.47 Å². The Morgan fingerprint density at radius 3 is 2.74 bits per heavy atom. The highest BCUT2D eigenvalue weighted by Crippen LogP contribution is 2.32. The molecule has 1 aliphatic rings. The van der Waals surface area contributed by atoms with Gasteiger partial charge in [-0.2, -0.15) is 0 Å². The maximum atomic E-state index is 12.0. The van der Waals surface area contributed by atoms with Gasteiger partial charge in [-0.25, -0.2) is 4.79 Å². The van der Waals surface area contributed by atoms with Crippen molar-refractivity contribution in [1.82, 2.24) is 0 Å². The van der Waals surface area contributed by atoms with Crippen molar-refractivity contribution in [3.8, 4) is 0 Å². The second kappa shape index (κ2) is 5.13. The van der Waals surface area contributed by atoms with Gasteiger partial charge in [0.05, 0.1) is 17.9 Å². The minimum Gasteiger partial charge on any atom is -0.464 e. The molecule has 0 saturated carbocycles. The molecule has 0 fully saturated rings. The number of esters is 1. The summed E-state index contributed by atoms with van der Waals surface area (Å²) in [5.74, 6) is -1.83. The van der Waals surface area contributed by atoms with Gasteiger partial charge in [-0.05, 0) is 32.0 Å². The lowest BCUT2D eigenvalue weighted by atomic mass is 10.1. The average molecular weight is 326 g/mol. The fourth-order valence-electron chi connectivity index (χ4n) is 1.99. The van der Waals surface area contributed by atoms with Crippen LogP contribution in [0, 0.1) is 0 Å². The van der Waals surface area contributed by atoms with Crippen LogP contribution in [0.3, 0.4) is 0 Å². The predicted octanol–water partition coefficient (Wildman–Crippen LogP) is 1.93. The molecule has 1 aromatic carbocycles. The van der Waals surface area contributed by atoms with E-state index in [0.29, 0.717) is 15.7 Å². The zero-order chi connectivity index (χ0) is 14.2. The predicted molar refractivity (Wildman–Crippen MR) is 72.1 cm³/mol. The second-order valence-corrected chi connectivity index (χ2v) is 5.01. The molecule has 6 heteroatoms. The van der Waals surface area contributed by atoms with Crippen LogP contribution in [0.4, 0.5) is 5.69 Å². The molecule has 1 aromatic rings. The number of fused-ring (bicyclic) bond motifs is 1. The van der Waals surface area contributed by atoms with Crippen molar-refractivity contribution < 1.29 is 19.1 Å². The van der Waals surface area contributed by atoms with Gasteiger partial charge >= 0.3 is 5.97 Å². The summed E-state index contributed by atoms with van der Waals surface area (Å²) in [6, 6.07) is 4.11. The Labute approximate surface area is 118 Å². The number of rotatable bonds is 3. The number of anilines is 1. The summed E-state index contributed by atoms with van der Waals surface area (Å²) in [6.45, 7) is 3.46. The van der Waals surface area contributed by atoms with E-state index < -0.39 is 23.7 Å². The van der Waals surface area contributed by atoms with Gasteiger partial charge in [0.25, 0.3) is 11.7 Å². The van der Waals surface area contributed by atoms with Crippen molar-refractivity contribution in [2.24, 2.45) is 0 Å². The van der Waals surface area contributed by atoms with Crippen molar-refractivity contribution in [1.29, 1.82) is 0 Å². The molecule has 1 heterocycles. The van der Waals surface area contributed by atoms with Gasteiger partial charge in [-0.15, -0.1) is 0 Å². The van der Waals surface area contributed by atoms with Crippen LogP contribution in [0.25, 0.3) is 0 Å². The van der Waals surface area contributed by atoms with Crippen LogP contribution in [0.5, 0.6) is 0 Å². The fourth-order valence-corrected chi connectivity index (χ4v) is 2.35. The molecule has 1 amide bonds. The molecule has 0 aromatic heterocycles. The van der Waals surface area contributed by atoms with Crippen molar-refractivity contribution in [3.05, 3.63) is 28.2 Å². The minimum atomic E-state index is -0.821. The molecule has 0 unspecified atom stereocenters. The monoisotopic (exact) mass is 325 g/mol. The van der Waals surface area contributed by atoms with Gasteiger partial charge in [-0.1, -0.05) is 15.9 Å². The lowest BCUT2D eigenvalue weighted by Crippen LogP contribution is -2.43. The van der Waals surface area contributed by atoms with Crippen molar-refractivity contribution >= 4 is 39.3 Å². The number of carbonyl (C=O) groups is 3. The maximum absolute atomic E-state index is 12.0. The third kappa shape index (κ3) is 2.28. The van der Waals surface area contributed by atoms with Gasteiger partial charge in [0.2, 0.25) is 0 Å². The Hall–Kier alpha value is -1.69. The molecule has 0 radical (unpaired) electrons. The van der Waals surface area contributed by atoms with Crippen molar-refractivity contribution in [2.45, 2.75) is 19.9 Å². The SMILES string of the molecule is CCOC(=O)[C@H](C)N1C(=O)C(=O)c2cc(Br)ccc21. The molecule has 0 aliphatic carbocycles. The van der Waals surface area contributed by atoms with Crippen LogP contribution in [0.1, 0.15) is 24.2 Å². The summed E-state index contributed by atoms with van der Waals surface area (Å²) in [5.41, 5.74) is 0.745. The number of hydrogen-bond acceptors (Lipinski definition) is 4. The first-order valence-corrected chi connectivity index (χ1v) is 6.60. The van der Waals surface area contributed by atoms with E-state index >= 15 is 0 Å². The summed E-state index contributed by atoms with van der Waals surface area (Å²) in [5, 5.41) is 0. The summed E-state index contributed by atoms with van der Waals surface area (Å²) in [7, 11) is 0. The third-order valence-electron chi connectivity index (χ3n) is 2.89. The zero-order valence-corrected chi connectivity index (χ0v) is 12.1. The first-order valence-electron chi connectivity index (χ1n) is 5.81. The van der Waals surface area contributed by atoms with E-state index in [-0.39, 0.29) is 6.61 Å². The van der Waals surface area contributed by atoms with Gasteiger partial charge in [-0.3, -0.25) is 14.5 Å². The lowest BCUT2D eigenvalue weighted by Gasteiger charge is -2.22. The molecule has 1 atom stereocenters. The van der Waals surface area contributed by atoms with E-state index in [1.807, 2.05) is 0 Å². The summed E-state index contributed by atoms with van der Waals surface area (Å²) >= 11 is 3.25. The highest BCUT2D eigenvalue weighted by molar-refractivity contribution is 9.10. The molecular formula is C13H12BrNO4. The number of halogens is 1. The van der Waals surface area contributed by atoms with Crippen LogP contribution < -0.4 is 4.90 Å². The molecule has 100 valence electrons. The zero-order valence-electron chi connectivity index (χ0n) is 10.5. The Balaban J connectivity index is 2.41. The molecule has 19 heavy (non-hydrogen) atoms. The van der Waals surface area contributed by atoms with Gasteiger partial charge < -0.3 is 4.74 Å². The molecule has 0 saturated heterocycles. The van der Waals surface area contributed by atoms with Crippen molar-refractivity contribution in [2.75, 3.05) is 11.5 Å². The highest BCUT2D eigenvalue weighted by atomic mass is 79.9. The molecule has 0 bridgehead atoms. The number of nitrogens with zero attached hydrogens (tertiary/aromatic N) is 1. The number of ether oxygens (including phenoxy) is 1. The van der Waals surface area contributed by atoms with E-state index in [0.717, 1.165) is 0 Å². The van der Waals surface area contributed by atoms with Crippen LogP contribution in [-0.4, -0.2) is 30.3 Å². The largest absolute Gasteiger partial charge is 0.464 e. The Morgan fingerprint density at radius 1 is 1.42 bits per heavy atom.